The number of thiazole rings is 1. The highest BCUT2D eigenvalue weighted by Gasteiger charge is 2.18. The minimum absolute atomic E-state index is 0.0727. The first kappa shape index (κ1) is 16.7. The summed E-state index contributed by atoms with van der Waals surface area (Å²) >= 11 is 2.86. The Hall–Kier alpha value is -2.78. The molecule has 0 saturated heterocycles. The summed E-state index contributed by atoms with van der Waals surface area (Å²) in [5.74, 6) is 1.84. The number of furan rings is 2. The summed E-state index contributed by atoms with van der Waals surface area (Å²) in [6, 6.07) is 7.33. The molecule has 0 atom stereocenters. The maximum atomic E-state index is 11.9. The molecule has 132 valence electrons. The Morgan fingerprint density at radius 2 is 2.04 bits per heavy atom. The lowest BCUT2D eigenvalue weighted by Crippen LogP contribution is -2.11. The van der Waals surface area contributed by atoms with Gasteiger partial charge in [-0.2, -0.15) is 0 Å². The quantitative estimate of drug-likeness (QED) is 0.454. The summed E-state index contributed by atoms with van der Waals surface area (Å²) < 4.78 is 11.0. The monoisotopic (exact) mass is 386 g/mol. The van der Waals surface area contributed by atoms with Crippen molar-refractivity contribution in [2.75, 3.05) is 11.1 Å². The Bertz CT molecular complexity index is 908. The molecule has 0 saturated carbocycles. The Kier molecular flexibility index (Phi) is 4.89. The summed E-state index contributed by atoms with van der Waals surface area (Å²) in [5, 5.41) is 5.89. The van der Waals surface area contributed by atoms with E-state index in [0.717, 1.165) is 5.69 Å². The van der Waals surface area contributed by atoms with Crippen LogP contribution in [0.5, 0.6) is 0 Å². The predicted octanol–water partition coefficient (Wildman–Crippen LogP) is 4.51. The molecule has 9 heteroatoms. The number of nitrogens with zero attached hydrogens (tertiary/aromatic N) is 2. The SMILES string of the molecule is O=C(CCSc1nc(-c2ccco2)c(-c2ccco2)[nH]1)Nc1nccs1. The molecule has 0 aromatic carbocycles. The van der Waals surface area contributed by atoms with Gasteiger partial charge in [0.15, 0.2) is 21.8 Å². The zero-order valence-corrected chi connectivity index (χ0v) is 15.1. The van der Waals surface area contributed by atoms with Crippen LogP contribution in [0.3, 0.4) is 0 Å². The number of hydrogen-bond donors (Lipinski definition) is 2. The lowest BCUT2D eigenvalue weighted by atomic mass is 10.2. The van der Waals surface area contributed by atoms with E-state index in [1.54, 1.807) is 18.7 Å². The van der Waals surface area contributed by atoms with Crippen molar-refractivity contribution < 1.29 is 13.6 Å². The van der Waals surface area contributed by atoms with Crippen molar-refractivity contribution in [2.45, 2.75) is 11.6 Å². The molecule has 1 amide bonds. The van der Waals surface area contributed by atoms with E-state index in [2.05, 4.69) is 20.3 Å². The average molecular weight is 386 g/mol. The molecule has 4 aromatic heterocycles. The Morgan fingerprint density at radius 1 is 1.23 bits per heavy atom. The van der Waals surface area contributed by atoms with Gasteiger partial charge in [0, 0.05) is 23.8 Å². The lowest BCUT2D eigenvalue weighted by Gasteiger charge is -2.00. The van der Waals surface area contributed by atoms with E-state index in [1.807, 2.05) is 29.6 Å². The summed E-state index contributed by atoms with van der Waals surface area (Å²) in [5.41, 5.74) is 1.43. The van der Waals surface area contributed by atoms with Crippen LogP contribution in [0, 0.1) is 0 Å². The van der Waals surface area contributed by atoms with Crippen molar-refractivity contribution in [3.05, 3.63) is 48.4 Å². The minimum Gasteiger partial charge on any atom is -0.463 e. The first-order chi connectivity index (χ1) is 12.8. The van der Waals surface area contributed by atoms with Gasteiger partial charge in [-0.3, -0.25) is 4.79 Å². The number of H-pyrrole nitrogens is 1. The highest BCUT2D eigenvalue weighted by atomic mass is 32.2. The zero-order valence-electron chi connectivity index (χ0n) is 13.5. The van der Waals surface area contributed by atoms with Crippen LogP contribution in [-0.2, 0) is 4.79 Å². The van der Waals surface area contributed by atoms with Crippen LogP contribution in [-0.4, -0.2) is 26.6 Å². The van der Waals surface area contributed by atoms with Gasteiger partial charge >= 0.3 is 0 Å². The van der Waals surface area contributed by atoms with Crippen LogP contribution >= 0.6 is 23.1 Å². The molecular weight excluding hydrogens is 372 g/mol. The summed E-state index contributed by atoms with van der Waals surface area (Å²) in [7, 11) is 0. The number of aromatic nitrogens is 3. The number of nitrogens with one attached hydrogen (secondary N) is 2. The Balaban J connectivity index is 1.44. The zero-order chi connectivity index (χ0) is 17.8. The fourth-order valence-electron chi connectivity index (χ4n) is 2.32. The number of carbonyl (C=O) groups excluding carboxylic acids is 1. The van der Waals surface area contributed by atoms with Crippen molar-refractivity contribution in [1.82, 2.24) is 15.0 Å². The number of thioether (sulfide) groups is 1. The molecular formula is C17H14N4O3S2. The molecule has 0 aliphatic carbocycles. The molecule has 0 radical (unpaired) electrons. The molecule has 0 bridgehead atoms. The molecule has 0 aliphatic rings. The molecule has 0 spiro atoms. The molecule has 0 fully saturated rings. The molecule has 2 N–H and O–H groups in total. The van der Waals surface area contributed by atoms with Crippen LogP contribution in [0.4, 0.5) is 5.13 Å². The molecule has 0 unspecified atom stereocenters. The van der Waals surface area contributed by atoms with E-state index >= 15 is 0 Å². The van der Waals surface area contributed by atoms with Crippen molar-refractivity contribution >= 4 is 34.1 Å². The summed E-state index contributed by atoms with van der Waals surface area (Å²) in [4.78, 5) is 23.8. The van der Waals surface area contributed by atoms with Crippen LogP contribution in [0.25, 0.3) is 22.9 Å². The predicted molar refractivity (Wildman–Crippen MR) is 100 cm³/mol. The fraction of sp³-hybridized carbons (Fsp3) is 0.118. The maximum Gasteiger partial charge on any atom is 0.226 e. The Morgan fingerprint density at radius 3 is 2.73 bits per heavy atom. The van der Waals surface area contributed by atoms with E-state index in [4.69, 9.17) is 8.83 Å². The second-order valence-electron chi connectivity index (χ2n) is 5.20. The molecule has 4 aromatic rings. The normalized spacial score (nSPS) is 10.9. The van der Waals surface area contributed by atoms with Crippen LogP contribution < -0.4 is 5.32 Å². The van der Waals surface area contributed by atoms with Gasteiger partial charge in [-0.1, -0.05) is 11.8 Å². The standard InChI is InChI=1S/C17H14N4O3S2/c22-13(19-16-18-6-10-26-16)5-9-25-17-20-14(11-3-1-7-23-11)15(21-17)12-4-2-8-24-12/h1-4,6-8,10H,5,9H2,(H,20,21)(H,18,19,22). The van der Waals surface area contributed by atoms with Crippen LogP contribution in [0.2, 0.25) is 0 Å². The van der Waals surface area contributed by atoms with Gasteiger partial charge in [-0.25, -0.2) is 9.97 Å². The lowest BCUT2D eigenvalue weighted by molar-refractivity contribution is -0.115. The smallest absolute Gasteiger partial charge is 0.226 e. The van der Waals surface area contributed by atoms with Gasteiger partial charge in [0.2, 0.25) is 5.91 Å². The van der Waals surface area contributed by atoms with Gasteiger partial charge < -0.3 is 19.1 Å². The van der Waals surface area contributed by atoms with E-state index in [-0.39, 0.29) is 5.91 Å². The van der Waals surface area contributed by atoms with Gasteiger partial charge in [0.1, 0.15) is 11.4 Å². The largest absolute Gasteiger partial charge is 0.463 e. The van der Waals surface area contributed by atoms with Gasteiger partial charge in [-0.05, 0) is 24.3 Å². The molecule has 7 nitrogen and oxygen atoms in total. The summed E-state index contributed by atoms with van der Waals surface area (Å²) in [6.07, 6.45) is 5.23. The van der Waals surface area contributed by atoms with Crippen molar-refractivity contribution in [2.24, 2.45) is 0 Å². The fourth-order valence-corrected chi connectivity index (χ4v) is 3.67. The van der Waals surface area contributed by atoms with Crippen LogP contribution in [0.1, 0.15) is 6.42 Å². The third-order valence-electron chi connectivity index (χ3n) is 3.45. The number of imidazole rings is 1. The van der Waals surface area contributed by atoms with Crippen molar-refractivity contribution in [3.63, 3.8) is 0 Å². The minimum atomic E-state index is -0.0727. The van der Waals surface area contributed by atoms with E-state index in [9.17, 15) is 4.79 Å². The second kappa shape index (κ2) is 7.63. The number of rotatable bonds is 7. The average Bonchev–Trinajstić information content (AvgIpc) is 3.40. The van der Waals surface area contributed by atoms with E-state index in [1.165, 1.54) is 23.1 Å². The van der Waals surface area contributed by atoms with Gasteiger partial charge in [0.05, 0.1) is 12.5 Å². The highest BCUT2D eigenvalue weighted by molar-refractivity contribution is 7.99. The number of amides is 1. The van der Waals surface area contributed by atoms with Gasteiger partial charge in [0.25, 0.3) is 0 Å². The highest BCUT2D eigenvalue weighted by Crippen LogP contribution is 2.33. The Labute approximate surface area is 156 Å². The number of anilines is 1. The molecule has 4 rings (SSSR count). The van der Waals surface area contributed by atoms with Crippen molar-refractivity contribution in [3.8, 4) is 22.9 Å². The molecule has 0 aliphatic heterocycles. The van der Waals surface area contributed by atoms with Crippen LogP contribution in [0.15, 0.2) is 62.4 Å². The maximum absolute atomic E-state index is 11.9. The topological polar surface area (TPSA) is 97.0 Å². The summed E-state index contributed by atoms with van der Waals surface area (Å²) in [6.45, 7) is 0. The molecule has 4 heterocycles. The second-order valence-corrected chi connectivity index (χ2v) is 7.18. The first-order valence-electron chi connectivity index (χ1n) is 7.79. The third-order valence-corrected chi connectivity index (χ3v) is 5.01. The van der Waals surface area contributed by atoms with E-state index < -0.39 is 0 Å². The first-order valence-corrected chi connectivity index (χ1v) is 9.66. The third kappa shape index (κ3) is 3.73. The molecule has 26 heavy (non-hydrogen) atoms. The van der Waals surface area contributed by atoms with E-state index in [0.29, 0.717) is 39.7 Å². The van der Waals surface area contributed by atoms with Crippen molar-refractivity contribution in [1.29, 1.82) is 0 Å². The van der Waals surface area contributed by atoms with Gasteiger partial charge in [-0.15, -0.1) is 11.3 Å². The number of hydrogen-bond acceptors (Lipinski definition) is 7. The number of carbonyl (C=O) groups is 1. The number of aromatic amines is 1.